The van der Waals surface area contributed by atoms with Crippen molar-refractivity contribution in [2.75, 3.05) is 27.9 Å². The summed E-state index contributed by atoms with van der Waals surface area (Å²) in [5.74, 6) is 2.50. The summed E-state index contributed by atoms with van der Waals surface area (Å²) in [6.07, 6.45) is 1.03. The molecule has 5 nitrogen and oxygen atoms in total. The Morgan fingerprint density at radius 1 is 1.08 bits per heavy atom. The minimum atomic E-state index is 0.285. The Kier molecular flexibility index (Phi) is 5.69. The number of hydrogen-bond donors (Lipinski definition) is 2. The Morgan fingerprint density at radius 2 is 1.81 bits per heavy atom. The highest BCUT2D eigenvalue weighted by molar-refractivity contribution is 5.49. The third-order valence-corrected chi connectivity index (χ3v) is 5.27. The summed E-state index contributed by atoms with van der Waals surface area (Å²) >= 11 is 0. The van der Waals surface area contributed by atoms with Gasteiger partial charge >= 0.3 is 0 Å². The molecule has 5 heteroatoms. The number of benzene rings is 2. The van der Waals surface area contributed by atoms with Crippen LogP contribution in [-0.4, -0.2) is 33.9 Å². The number of rotatable bonds is 6. The van der Waals surface area contributed by atoms with Gasteiger partial charge in [-0.2, -0.15) is 0 Å². The van der Waals surface area contributed by atoms with E-state index in [1.807, 2.05) is 6.07 Å². The first kappa shape index (κ1) is 18.5. The molecule has 3 rings (SSSR count). The molecule has 1 heterocycles. The molecule has 26 heavy (non-hydrogen) atoms. The molecular weight excluding hydrogens is 328 g/mol. The lowest BCUT2D eigenvalue weighted by molar-refractivity contribution is -0.957. The summed E-state index contributed by atoms with van der Waals surface area (Å²) in [6.45, 7) is 4.22. The van der Waals surface area contributed by atoms with Gasteiger partial charge in [-0.3, -0.25) is 0 Å². The zero-order valence-electron chi connectivity index (χ0n) is 16.2. The normalized spacial score (nSPS) is 20.2. The van der Waals surface area contributed by atoms with Gasteiger partial charge in [0, 0.05) is 17.5 Å². The molecule has 4 N–H and O–H groups in total. The lowest BCUT2D eigenvalue weighted by atomic mass is 9.88. The van der Waals surface area contributed by atoms with E-state index in [-0.39, 0.29) is 6.04 Å². The van der Waals surface area contributed by atoms with Crippen LogP contribution >= 0.6 is 0 Å². The molecule has 0 aliphatic carbocycles. The standard InChI is InChI=1S/C21H28N2O3/c1-14(22)21-18-12-20(26-4)19(25-3)11-16(18)8-9-23(21)13-15-6-5-7-17(10-15)24-2/h5-7,10-12,14,21H,8-9,13,22H2,1-4H3/p+2/t14-,21-/m1/s1. The largest absolute Gasteiger partial charge is 0.497 e. The highest BCUT2D eigenvalue weighted by atomic mass is 16.5. The third-order valence-electron chi connectivity index (χ3n) is 5.27. The van der Waals surface area contributed by atoms with Crippen molar-refractivity contribution in [3.63, 3.8) is 0 Å². The third kappa shape index (κ3) is 3.64. The topological polar surface area (TPSA) is 59.8 Å². The molecule has 1 unspecified atom stereocenters. The first-order valence-corrected chi connectivity index (χ1v) is 9.12. The Bertz CT molecular complexity index is 761. The van der Waals surface area contributed by atoms with Crippen molar-refractivity contribution in [3.8, 4) is 17.2 Å². The van der Waals surface area contributed by atoms with Crippen LogP contribution in [0.2, 0.25) is 0 Å². The average molecular weight is 358 g/mol. The molecule has 0 aromatic heterocycles. The van der Waals surface area contributed by atoms with Gasteiger partial charge in [-0.25, -0.2) is 0 Å². The molecule has 140 valence electrons. The van der Waals surface area contributed by atoms with E-state index in [9.17, 15) is 0 Å². The van der Waals surface area contributed by atoms with Crippen molar-refractivity contribution < 1.29 is 24.8 Å². The van der Waals surface area contributed by atoms with Gasteiger partial charge in [0.2, 0.25) is 0 Å². The molecule has 1 aliphatic rings. The molecule has 0 bridgehead atoms. The van der Waals surface area contributed by atoms with Gasteiger partial charge in [-0.05, 0) is 36.8 Å². The van der Waals surface area contributed by atoms with Crippen LogP contribution in [0.25, 0.3) is 0 Å². The van der Waals surface area contributed by atoms with Crippen LogP contribution in [0.5, 0.6) is 17.2 Å². The van der Waals surface area contributed by atoms with Gasteiger partial charge in [0.1, 0.15) is 18.3 Å². The van der Waals surface area contributed by atoms with Crippen LogP contribution in [0.3, 0.4) is 0 Å². The second kappa shape index (κ2) is 7.98. The summed E-state index contributed by atoms with van der Waals surface area (Å²) in [4.78, 5) is 1.53. The van der Waals surface area contributed by atoms with E-state index in [0.717, 1.165) is 36.8 Å². The van der Waals surface area contributed by atoms with Crippen molar-refractivity contribution in [2.24, 2.45) is 0 Å². The molecule has 2 aromatic rings. The van der Waals surface area contributed by atoms with E-state index in [0.29, 0.717) is 6.04 Å². The summed E-state index contributed by atoms with van der Waals surface area (Å²) < 4.78 is 16.4. The average Bonchev–Trinajstić information content (AvgIpc) is 2.66. The molecular formula is C21H30N2O3+2. The maximum Gasteiger partial charge on any atom is 0.166 e. The number of hydrogen-bond acceptors (Lipinski definition) is 3. The Labute approximate surface area is 155 Å². The van der Waals surface area contributed by atoms with Crippen molar-refractivity contribution in [2.45, 2.75) is 32.0 Å². The molecule has 0 spiro atoms. The molecule has 1 aliphatic heterocycles. The monoisotopic (exact) mass is 358 g/mol. The quantitative estimate of drug-likeness (QED) is 0.811. The maximum absolute atomic E-state index is 5.54. The highest BCUT2D eigenvalue weighted by Gasteiger charge is 2.36. The molecule has 3 atom stereocenters. The maximum atomic E-state index is 5.54. The summed E-state index contributed by atoms with van der Waals surface area (Å²) in [6, 6.07) is 13.2. The van der Waals surface area contributed by atoms with Crippen molar-refractivity contribution in [3.05, 3.63) is 53.1 Å². The minimum Gasteiger partial charge on any atom is -0.497 e. The van der Waals surface area contributed by atoms with Gasteiger partial charge in [-0.15, -0.1) is 0 Å². The molecule has 2 aromatic carbocycles. The fourth-order valence-corrected chi connectivity index (χ4v) is 4.07. The number of nitrogens with one attached hydrogen (secondary N) is 1. The highest BCUT2D eigenvalue weighted by Crippen LogP contribution is 2.34. The van der Waals surface area contributed by atoms with Gasteiger partial charge < -0.3 is 24.8 Å². The van der Waals surface area contributed by atoms with Crippen molar-refractivity contribution in [1.82, 2.24) is 0 Å². The van der Waals surface area contributed by atoms with Crippen molar-refractivity contribution in [1.29, 1.82) is 0 Å². The Balaban J connectivity index is 1.94. The van der Waals surface area contributed by atoms with Gasteiger partial charge in [0.05, 0.1) is 27.9 Å². The van der Waals surface area contributed by atoms with Gasteiger partial charge in [0.25, 0.3) is 0 Å². The van der Waals surface area contributed by atoms with Crippen LogP contribution in [0.4, 0.5) is 0 Å². The fraction of sp³-hybridized carbons (Fsp3) is 0.429. The van der Waals surface area contributed by atoms with E-state index in [2.05, 4.69) is 43.0 Å². The van der Waals surface area contributed by atoms with Gasteiger partial charge in [-0.1, -0.05) is 12.1 Å². The zero-order chi connectivity index (χ0) is 18.7. The fourth-order valence-electron chi connectivity index (χ4n) is 4.07. The minimum absolute atomic E-state index is 0.285. The number of fused-ring (bicyclic) bond motifs is 1. The predicted molar refractivity (Wildman–Crippen MR) is 101 cm³/mol. The lowest BCUT2D eigenvalue weighted by Gasteiger charge is -2.35. The lowest BCUT2D eigenvalue weighted by Crippen LogP contribution is -3.14. The summed E-state index contributed by atoms with van der Waals surface area (Å²) in [5.41, 5.74) is 8.33. The second-order valence-electron chi connectivity index (χ2n) is 7.05. The molecule has 0 fully saturated rings. The van der Waals surface area contributed by atoms with E-state index in [1.165, 1.54) is 21.6 Å². The summed E-state index contributed by atoms with van der Waals surface area (Å²) in [5, 5.41) is 0. The van der Waals surface area contributed by atoms with Crippen LogP contribution in [0.15, 0.2) is 36.4 Å². The molecule has 0 amide bonds. The van der Waals surface area contributed by atoms with Crippen LogP contribution in [-0.2, 0) is 13.0 Å². The van der Waals surface area contributed by atoms with Crippen LogP contribution < -0.4 is 24.8 Å². The van der Waals surface area contributed by atoms with E-state index >= 15 is 0 Å². The van der Waals surface area contributed by atoms with E-state index in [4.69, 9.17) is 14.2 Å². The Morgan fingerprint density at radius 3 is 2.46 bits per heavy atom. The van der Waals surface area contributed by atoms with Crippen LogP contribution in [0.1, 0.15) is 29.7 Å². The first-order valence-electron chi connectivity index (χ1n) is 9.12. The van der Waals surface area contributed by atoms with E-state index < -0.39 is 0 Å². The number of quaternary nitrogens is 2. The SMILES string of the molecule is COc1cccc(C[NH+]2CCc3cc(OC)c(OC)cc3[C@H]2[C@@H](C)[NH3+])c1. The smallest absolute Gasteiger partial charge is 0.166 e. The Hall–Kier alpha value is -2.24. The number of ether oxygens (including phenoxy) is 3. The van der Waals surface area contributed by atoms with Gasteiger partial charge in [0.15, 0.2) is 17.5 Å². The number of methoxy groups -OCH3 is 3. The molecule has 0 saturated heterocycles. The summed E-state index contributed by atoms with van der Waals surface area (Å²) in [7, 11) is 5.09. The predicted octanol–water partition coefficient (Wildman–Crippen LogP) is 1.03. The van der Waals surface area contributed by atoms with E-state index in [1.54, 1.807) is 21.3 Å². The van der Waals surface area contributed by atoms with Crippen molar-refractivity contribution >= 4 is 0 Å². The molecule has 0 saturated carbocycles. The zero-order valence-corrected chi connectivity index (χ0v) is 16.2. The second-order valence-corrected chi connectivity index (χ2v) is 7.05. The first-order chi connectivity index (χ1) is 12.6. The molecule has 0 radical (unpaired) electrons. The van der Waals surface area contributed by atoms with Crippen LogP contribution in [0, 0.1) is 0 Å².